The molecule has 0 saturated heterocycles. The third-order valence-electron chi connectivity index (χ3n) is 5.78. The topological polar surface area (TPSA) is 105 Å². The second-order valence-electron chi connectivity index (χ2n) is 8.26. The summed E-state index contributed by atoms with van der Waals surface area (Å²) in [6.45, 7) is 13.5. The first-order chi connectivity index (χ1) is 19.7. The first kappa shape index (κ1) is 28.2. The Hall–Kier alpha value is -5.83. The standard InChI is InChI=1S/C32H21FO8/c1-5-29(34)38-25-12-10-19(18-9-11-28(24(33)15-18)41-32(37)8-4)20-16-22-23(17-21(20)25)27(40-31(36)7-3)14-13-26(22)39-30(35)6-2/h5-17H,1-4H2. The van der Waals surface area contributed by atoms with Crippen LogP contribution in [0.25, 0.3) is 32.7 Å². The fourth-order valence-electron chi connectivity index (χ4n) is 3.97. The Balaban J connectivity index is 2.04. The third kappa shape index (κ3) is 5.94. The van der Waals surface area contributed by atoms with Crippen molar-refractivity contribution in [1.29, 1.82) is 0 Å². The van der Waals surface area contributed by atoms with E-state index in [1.165, 1.54) is 36.4 Å². The molecule has 0 heterocycles. The van der Waals surface area contributed by atoms with Crippen molar-refractivity contribution in [3.8, 4) is 34.1 Å². The molecular weight excluding hydrogens is 531 g/mol. The Kier molecular flexibility index (Phi) is 8.19. The molecule has 4 aromatic rings. The van der Waals surface area contributed by atoms with Crippen LogP contribution in [0.15, 0.2) is 105 Å². The molecule has 204 valence electrons. The molecule has 0 spiro atoms. The second kappa shape index (κ2) is 11.9. The van der Waals surface area contributed by atoms with Gasteiger partial charge in [0.1, 0.15) is 17.2 Å². The minimum atomic E-state index is -0.823. The lowest BCUT2D eigenvalue weighted by Gasteiger charge is -2.16. The fourth-order valence-corrected chi connectivity index (χ4v) is 3.97. The monoisotopic (exact) mass is 552 g/mol. The van der Waals surface area contributed by atoms with Crippen molar-refractivity contribution >= 4 is 45.4 Å². The van der Waals surface area contributed by atoms with E-state index in [4.69, 9.17) is 18.9 Å². The molecule has 4 aromatic carbocycles. The van der Waals surface area contributed by atoms with Gasteiger partial charge in [0.25, 0.3) is 0 Å². The van der Waals surface area contributed by atoms with Crippen molar-refractivity contribution < 1.29 is 42.5 Å². The minimum absolute atomic E-state index is 0.107. The molecule has 0 amide bonds. The zero-order valence-electron chi connectivity index (χ0n) is 21.5. The van der Waals surface area contributed by atoms with Crippen LogP contribution in [-0.4, -0.2) is 23.9 Å². The van der Waals surface area contributed by atoms with Crippen LogP contribution in [-0.2, 0) is 19.2 Å². The van der Waals surface area contributed by atoms with Crippen LogP contribution in [0.1, 0.15) is 0 Å². The molecule has 4 rings (SSSR count). The summed E-state index contributed by atoms with van der Waals surface area (Å²) in [5, 5.41) is 1.49. The van der Waals surface area contributed by atoms with Gasteiger partial charge in [0.15, 0.2) is 11.6 Å². The van der Waals surface area contributed by atoms with Gasteiger partial charge in [-0.05, 0) is 59.0 Å². The number of carbonyl (C=O) groups is 4. The van der Waals surface area contributed by atoms with Crippen molar-refractivity contribution in [2.45, 2.75) is 0 Å². The SMILES string of the molecule is C=CC(=O)Oc1ccc(-c2ccc(OC(=O)C=C)c3cc4c(OC(=O)C=C)ccc(OC(=O)C=C)c4cc23)cc1F. The van der Waals surface area contributed by atoms with Gasteiger partial charge in [-0.25, -0.2) is 23.6 Å². The lowest BCUT2D eigenvalue weighted by molar-refractivity contribution is -0.130. The van der Waals surface area contributed by atoms with Crippen molar-refractivity contribution in [1.82, 2.24) is 0 Å². The normalized spacial score (nSPS) is 10.4. The van der Waals surface area contributed by atoms with Crippen LogP contribution < -0.4 is 18.9 Å². The van der Waals surface area contributed by atoms with Gasteiger partial charge in [-0.3, -0.25) is 0 Å². The van der Waals surface area contributed by atoms with Gasteiger partial charge in [0.2, 0.25) is 0 Å². The van der Waals surface area contributed by atoms with Gasteiger partial charge in [-0.15, -0.1) is 0 Å². The summed E-state index contributed by atoms with van der Waals surface area (Å²) in [6, 6.07) is 13.1. The highest BCUT2D eigenvalue weighted by Gasteiger charge is 2.19. The van der Waals surface area contributed by atoms with Crippen LogP contribution in [0.3, 0.4) is 0 Å². The summed E-state index contributed by atoms with van der Waals surface area (Å²) >= 11 is 0. The van der Waals surface area contributed by atoms with E-state index in [2.05, 4.69) is 26.3 Å². The summed E-state index contributed by atoms with van der Waals surface area (Å²) in [4.78, 5) is 47.8. The quantitative estimate of drug-likeness (QED) is 0.105. The van der Waals surface area contributed by atoms with Crippen LogP contribution in [0.5, 0.6) is 23.0 Å². The molecule has 0 bridgehead atoms. The van der Waals surface area contributed by atoms with E-state index in [1.54, 1.807) is 18.2 Å². The molecule has 0 aliphatic heterocycles. The summed E-state index contributed by atoms with van der Waals surface area (Å²) < 4.78 is 36.1. The maximum Gasteiger partial charge on any atom is 0.335 e. The molecule has 0 radical (unpaired) electrons. The average molecular weight is 553 g/mol. The van der Waals surface area contributed by atoms with Gasteiger partial charge in [-0.2, -0.15) is 0 Å². The largest absolute Gasteiger partial charge is 0.423 e. The van der Waals surface area contributed by atoms with E-state index < -0.39 is 29.7 Å². The smallest absolute Gasteiger partial charge is 0.335 e. The number of ether oxygens (including phenoxy) is 4. The van der Waals surface area contributed by atoms with E-state index in [9.17, 15) is 23.6 Å². The lowest BCUT2D eigenvalue weighted by atomic mass is 9.94. The van der Waals surface area contributed by atoms with Gasteiger partial charge in [0, 0.05) is 40.5 Å². The highest BCUT2D eigenvalue weighted by molar-refractivity contribution is 6.11. The highest BCUT2D eigenvalue weighted by Crippen LogP contribution is 2.43. The van der Waals surface area contributed by atoms with Gasteiger partial charge in [-0.1, -0.05) is 38.4 Å². The van der Waals surface area contributed by atoms with E-state index in [1.807, 2.05) is 0 Å². The van der Waals surface area contributed by atoms with Crippen LogP contribution in [0.4, 0.5) is 4.39 Å². The zero-order chi connectivity index (χ0) is 29.7. The van der Waals surface area contributed by atoms with Crippen molar-refractivity contribution in [2.24, 2.45) is 0 Å². The summed E-state index contributed by atoms with van der Waals surface area (Å²) in [5.41, 5.74) is 0.862. The number of esters is 4. The number of carbonyl (C=O) groups excluding carboxylic acids is 4. The first-order valence-electron chi connectivity index (χ1n) is 11.9. The number of hydrogen-bond acceptors (Lipinski definition) is 8. The number of rotatable bonds is 9. The van der Waals surface area contributed by atoms with Crippen molar-refractivity contribution in [2.75, 3.05) is 0 Å². The molecule has 0 aliphatic rings. The van der Waals surface area contributed by atoms with Crippen molar-refractivity contribution in [3.63, 3.8) is 0 Å². The molecule has 0 aromatic heterocycles. The predicted octanol–water partition coefficient (Wildman–Crippen LogP) is 6.16. The van der Waals surface area contributed by atoms with Crippen LogP contribution in [0, 0.1) is 5.82 Å². The molecule has 0 fully saturated rings. The summed E-state index contributed by atoms with van der Waals surface area (Å²) in [6.07, 6.45) is 3.87. The molecule has 8 nitrogen and oxygen atoms in total. The minimum Gasteiger partial charge on any atom is -0.423 e. The van der Waals surface area contributed by atoms with Gasteiger partial charge >= 0.3 is 23.9 Å². The molecule has 9 heteroatoms. The van der Waals surface area contributed by atoms with Crippen LogP contribution in [0.2, 0.25) is 0 Å². The first-order valence-corrected chi connectivity index (χ1v) is 11.9. The maximum atomic E-state index is 14.9. The molecule has 0 N–H and O–H groups in total. The van der Waals surface area contributed by atoms with E-state index in [-0.39, 0.29) is 23.0 Å². The fraction of sp³-hybridized carbons (Fsp3) is 0. The summed E-state index contributed by atoms with van der Waals surface area (Å²) in [5.74, 6) is -3.78. The second-order valence-corrected chi connectivity index (χ2v) is 8.26. The number of benzene rings is 4. The number of hydrogen-bond donors (Lipinski definition) is 0. The molecule has 0 atom stereocenters. The predicted molar refractivity (Wildman–Crippen MR) is 150 cm³/mol. The molecule has 0 unspecified atom stereocenters. The third-order valence-corrected chi connectivity index (χ3v) is 5.78. The van der Waals surface area contributed by atoms with Gasteiger partial charge in [0.05, 0.1) is 0 Å². The van der Waals surface area contributed by atoms with Gasteiger partial charge < -0.3 is 18.9 Å². The maximum absolute atomic E-state index is 14.9. The molecular formula is C32H21FO8. The zero-order valence-corrected chi connectivity index (χ0v) is 21.5. The Morgan fingerprint density at radius 1 is 0.512 bits per heavy atom. The van der Waals surface area contributed by atoms with Crippen LogP contribution >= 0.6 is 0 Å². The average Bonchev–Trinajstić information content (AvgIpc) is 2.98. The highest BCUT2D eigenvalue weighted by atomic mass is 19.1. The molecule has 0 aliphatic carbocycles. The Bertz CT molecular complexity index is 1800. The molecule has 0 saturated carbocycles. The number of halogens is 1. The van der Waals surface area contributed by atoms with E-state index in [0.29, 0.717) is 32.7 Å². The van der Waals surface area contributed by atoms with E-state index in [0.717, 1.165) is 24.3 Å². The number of fused-ring (bicyclic) bond motifs is 2. The van der Waals surface area contributed by atoms with Crippen molar-refractivity contribution in [3.05, 3.63) is 111 Å². The Morgan fingerprint density at radius 3 is 1.32 bits per heavy atom. The Morgan fingerprint density at radius 2 is 0.878 bits per heavy atom. The Labute approximate surface area is 233 Å². The summed E-state index contributed by atoms with van der Waals surface area (Å²) in [7, 11) is 0. The molecule has 41 heavy (non-hydrogen) atoms. The van der Waals surface area contributed by atoms with E-state index >= 15 is 0 Å². The lowest BCUT2D eigenvalue weighted by Crippen LogP contribution is -2.06.